The van der Waals surface area contributed by atoms with Gasteiger partial charge in [-0.3, -0.25) is 0 Å². The minimum Gasteiger partial charge on any atom is -0.486 e. The molecule has 90 valence electrons. The van der Waals surface area contributed by atoms with E-state index >= 15 is 0 Å². The molecule has 1 atom stereocenters. The van der Waals surface area contributed by atoms with Crippen molar-refractivity contribution in [2.45, 2.75) is 26.6 Å². The molecule has 1 N–H and O–H groups in total. The Morgan fingerprint density at radius 1 is 1.35 bits per heavy atom. The third kappa shape index (κ3) is 3.07. The lowest BCUT2D eigenvalue weighted by Gasteiger charge is -2.07. The van der Waals surface area contributed by atoms with Crippen LogP contribution in [-0.4, -0.2) is 10.3 Å². The van der Waals surface area contributed by atoms with Gasteiger partial charge >= 0.3 is 0 Å². The first-order valence-corrected chi connectivity index (χ1v) is 5.48. The largest absolute Gasteiger partial charge is 0.486 e. The molecule has 0 aliphatic heterocycles. The van der Waals surface area contributed by atoms with Crippen LogP contribution in [0.2, 0.25) is 0 Å². The summed E-state index contributed by atoms with van der Waals surface area (Å²) in [7, 11) is 0. The molecule has 4 nitrogen and oxygen atoms in total. The summed E-state index contributed by atoms with van der Waals surface area (Å²) < 4.78 is 10.6. The molecule has 0 radical (unpaired) electrons. The molecule has 0 aliphatic carbocycles. The Morgan fingerprint density at radius 3 is 2.59 bits per heavy atom. The summed E-state index contributed by atoms with van der Waals surface area (Å²) in [4.78, 5) is 0. The first-order valence-electron chi connectivity index (χ1n) is 5.48. The number of rotatable bonds is 4. The number of nitrogens with zero attached hydrogens (tertiary/aromatic N) is 1. The average molecular weight is 233 g/mol. The van der Waals surface area contributed by atoms with Crippen LogP contribution in [0.1, 0.15) is 30.0 Å². The summed E-state index contributed by atoms with van der Waals surface area (Å²) in [6.07, 6.45) is -0.457. The first kappa shape index (κ1) is 11.7. The SMILES string of the molecule is Cc1cc(COc2ccc([C@H](C)O)cc2)on1. The highest BCUT2D eigenvalue weighted by atomic mass is 16.5. The standard InChI is InChI=1S/C13H15NO3/c1-9-7-13(17-14-9)8-16-12-5-3-11(4-6-12)10(2)15/h3-7,10,15H,8H2,1-2H3/t10-/m0/s1. The summed E-state index contributed by atoms with van der Waals surface area (Å²) in [6.45, 7) is 3.95. The first-order chi connectivity index (χ1) is 8.15. The van der Waals surface area contributed by atoms with Crippen LogP contribution in [0.15, 0.2) is 34.9 Å². The Kier molecular flexibility index (Phi) is 3.44. The molecule has 0 spiro atoms. The molecular weight excluding hydrogens is 218 g/mol. The second-order valence-electron chi connectivity index (χ2n) is 3.97. The lowest BCUT2D eigenvalue weighted by atomic mass is 10.1. The monoisotopic (exact) mass is 233 g/mol. The van der Waals surface area contributed by atoms with E-state index in [1.807, 2.05) is 37.3 Å². The van der Waals surface area contributed by atoms with Crippen molar-refractivity contribution in [1.82, 2.24) is 5.16 Å². The second-order valence-corrected chi connectivity index (χ2v) is 3.97. The number of aliphatic hydroxyl groups excluding tert-OH is 1. The van der Waals surface area contributed by atoms with Crippen molar-refractivity contribution in [3.05, 3.63) is 47.3 Å². The van der Waals surface area contributed by atoms with Crippen LogP contribution < -0.4 is 4.74 Å². The number of hydrogen-bond acceptors (Lipinski definition) is 4. The van der Waals surface area contributed by atoms with Crippen LogP contribution in [0, 0.1) is 6.92 Å². The molecule has 2 rings (SSSR count). The minimum atomic E-state index is -0.457. The summed E-state index contributed by atoms with van der Waals surface area (Å²) in [5, 5.41) is 13.1. The molecule has 0 fully saturated rings. The number of aliphatic hydroxyl groups is 1. The summed E-state index contributed by atoms with van der Waals surface area (Å²) in [6, 6.07) is 9.16. The van der Waals surface area contributed by atoms with Gasteiger partial charge in [0.15, 0.2) is 5.76 Å². The van der Waals surface area contributed by atoms with Crippen molar-refractivity contribution in [2.24, 2.45) is 0 Å². The van der Waals surface area contributed by atoms with Crippen molar-refractivity contribution in [3.8, 4) is 5.75 Å². The Balaban J connectivity index is 1.95. The van der Waals surface area contributed by atoms with E-state index in [1.54, 1.807) is 6.92 Å². The third-order valence-corrected chi connectivity index (χ3v) is 2.42. The Bertz CT molecular complexity index is 474. The van der Waals surface area contributed by atoms with Gasteiger partial charge in [0.25, 0.3) is 0 Å². The molecule has 0 bridgehead atoms. The topological polar surface area (TPSA) is 55.5 Å². The smallest absolute Gasteiger partial charge is 0.174 e. The van der Waals surface area contributed by atoms with Crippen molar-refractivity contribution >= 4 is 0 Å². The van der Waals surface area contributed by atoms with E-state index in [9.17, 15) is 5.11 Å². The number of ether oxygens (including phenoxy) is 1. The zero-order valence-electron chi connectivity index (χ0n) is 9.88. The molecule has 0 amide bonds. The fraction of sp³-hybridized carbons (Fsp3) is 0.308. The predicted molar refractivity (Wildman–Crippen MR) is 62.6 cm³/mol. The van der Waals surface area contributed by atoms with Crippen molar-refractivity contribution in [3.63, 3.8) is 0 Å². The highest BCUT2D eigenvalue weighted by Gasteiger charge is 2.03. The van der Waals surface area contributed by atoms with Crippen molar-refractivity contribution in [1.29, 1.82) is 0 Å². The van der Waals surface area contributed by atoms with E-state index in [4.69, 9.17) is 9.26 Å². The zero-order chi connectivity index (χ0) is 12.3. The maximum Gasteiger partial charge on any atom is 0.174 e. The number of benzene rings is 1. The maximum atomic E-state index is 9.36. The van der Waals surface area contributed by atoms with Gasteiger partial charge in [0, 0.05) is 6.07 Å². The summed E-state index contributed by atoms with van der Waals surface area (Å²) >= 11 is 0. The van der Waals surface area contributed by atoms with Crippen LogP contribution in [0.5, 0.6) is 5.75 Å². The molecule has 1 aromatic carbocycles. The van der Waals surface area contributed by atoms with Crippen molar-refractivity contribution < 1.29 is 14.4 Å². The van der Waals surface area contributed by atoms with Crippen LogP contribution in [0.3, 0.4) is 0 Å². The van der Waals surface area contributed by atoms with Gasteiger partial charge in [0.2, 0.25) is 0 Å². The van der Waals surface area contributed by atoms with Gasteiger partial charge in [-0.25, -0.2) is 0 Å². The van der Waals surface area contributed by atoms with E-state index in [0.717, 1.165) is 17.0 Å². The van der Waals surface area contributed by atoms with E-state index in [1.165, 1.54) is 0 Å². The van der Waals surface area contributed by atoms with Gasteiger partial charge in [-0.1, -0.05) is 17.3 Å². The Morgan fingerprint density at radius 2 is 2.06 bits per heavy atom. The molecule has 17 heavy (non-hydrogen) atoms. The number of aromatic nitrogens is 1. The molecule has 2 aromatic rings. The molecular formula is C13H15NO3. The molecule has 0 saturated carbocycles. The predicted octanol–water partition coefficient (Wildman–Crippen LogP) is 2.62. The van der Waals surface area contributed by atoms with Gasteiger partial charge in [-0.05, 0) is 31.5 Å². The number of aryl methyl sites for hydroxylation is 1. The molecule has 1 heterocycles. The summed E-state index contributed by atoms with van der Waals surface area (Å²) in [5.41, 5.74) is 1.71. The molecule has 0 unspecified atom stereocenters. The minimum absolute atomic E-state index is 0.356. The van der Waals surface area contributed by atoms with Crippen LogP contribution >= 0.6 is 0 Å². The van der Waals surface area contributed by atoms with Gasteiger partial charge in [0.1, 0.15) is 12.4 Å². The van der Waals surface area contributed by atoms with Gasteiger partial charge < -0.3 is 14.4 Å². The summed E-state index contributed by atoms with van der Waals surface area (Å²) in [5.74, 6) is 1.44. The van der Waals surface area contributed by atoms with Crippen LogP contribution in [0.25, 0.3) is 0 Å². The van der Waals surface area contributed by atoms with E-state index in [0.29, 0.717) is 12.4 Å². The Hall–Kier alpha value is -1.81. The molecule has 1 aromatic heterocycles. The fourth-order valence-electron chi connectivity index (χ4n) is 1.48. The normalized spacial score (nSPS) is 12.4. The van der Waals surface area contributed by atoms with E-state index < -0.39 is 6.10 Å². The molecule has 4 heteroatoms. The number of hydrogen-bond donors (Lipinski definition) is 1. The van der Waals surface area contributed by atoms with E-state index in [-0.39, 0.29) is 0 Å². The van der Waals surface area contributed by atoms with Gasteiger partial charge in [-0.15, -0.1) is 0 Å². The van der Waals surface area contributed by atoms with Crippen molar-refractivity contribution in [2.75, 3.05) is 0 Å². The van der Waals surface area contributed by atoms with Crippen LogP contribution in [-0.2, 0) is 6.61 Å². The highest BCUT2D eigenvalue weighted by molar-refractivity contribution is 5.28. The Labute approximate surface area is 99.8 Å². The lowest BCUT2D eigenvalue weighted by molar-refractivity contribution is 0.199. The van der Waals surface area contributed by atoms with E-state index in [2.05, 4.69) is 5.16 Å². The fourth-order valence-corrected chi connectivity index (χ4v) is 1.48. The molecule has 0 saturated heterocycles. The second kappa shape index (κ2) is 5.01. The quantitative estimate of drug-likeness (QED) is 0.881. The van der Waals surface area contributed by atoms with Crippen LogP contribution in [0.4, 0.5) is 0 Å². The third-order valence-electron chi connectivity index (χ3n) is 2.42. The average Bonchev–Trinajstić information content (AvgIpc) is 2.73. The maximum absolute atomic E-state index is 9.36. The zero-order valence-corrected chi connectivity index (χ0v) is 9.88. The molecule has 0 aliphatic rings. The lowest BCUT2D eigenvalue weighted by Crippen LogP contribution is -1.95. The van der Waals surface area contributed by atoms with Gasteiger partial charge in [0.05, 0.1) is 11.8 Å². The van der Waals surface area contributed by atoms with Gasteiger partial charge in [-0.2, -0.15) is 0 Å². The highest BCUT2D eigenvalue weighted by Crippen LogP contribution is 2.18.